The molecule has 3 N–H and O–H groups in total. The van der Waals surface area contributed by atoms with Crippen LogP contribution in [-0.4, -0.2) is 48.4 Å². The van der Waals surface area contributed by atoms with E-state index in [1.165, 1.54) is 0 Å². The Bertz CT molecular complexity index is 566. The van der Waals surface area contributed by atoms with E-state index in [4.69, 9.17) is 5.73 Å². The lowest BCUT2D eigenvalue weighted by Gasteiger charge is -2.31. The molecule has 0 aromatic carbocycles. The third kappa shape index (κ3) is 5.32. The first-order valence-corrected chi connectivity index (χ1v) is 8.16. The van der Waals surface area contributed by atoms with Crippen LogP contribution in [0.4, 0.5) is 0 Å². The van der Waals surface area contributed by atoms with E-state index < -0.39 is 0 Å². The highest BCUT2D eigenvalue weighted by Gasteiger charge is 2.22. The van der Waals surface area contributed by atoms with Gasteiger partial charge in [-0.1, -0.05) is 0 Å². The number of hydrogen-bond donors (Lipinski definition) is 2. The quantitative estimate of drug-likeness (QED) is 0.809. The highest BCUT2D eigenvalue weighted by atomic mass is 16.1. The first-order chi connectivity index (χ1) is 11.0. The van der Waals surface area contributed by atoms with Gasteiger partial charge in [-0.15, -0.1) is 0 Å². The molecule has 2 rings (SSSR count). The van der Waals surface area contributed by atoms with E-state index in [0.717, 1.165) is 49.3 Å². The Balaban J connectivity index is 1.98. The first kappa shape index (κ1) is 17.4. The van der Waals surface area contributed by atoms with Crippen LogP contribution in [0, 0.1) is 6.92 Å². The van der Waals surface area contributed by atoms with Gasteiger partial charge in [0.15, 0.2) is 0 Å². The SMILES string of the molecule is CNC(=O)CCc1cc(C)nc(C2CCN(CC(N)=O)CC2)c1. The summed E-state index contributed by atoms with van der Waals surface area (Å²) in [5, 5.41) is 2.65. The van der Waals surface area contributed by atoms with Crippen molar-refractivity contribution in [3.8, 4) is 0 Å². The van der Waals surface area contributed by atoms with Crippen LogP contribution in [0.2, 0.25) is 0 Å². The van der Waals surface area contributed by atoms with Gasteiger partial charge in [0.25, 0.3) is 0 Å². The Kier molecular flexibility index (Phi) is 6.10. The van der Waals surface area contributed by atoms with Gasteiger partial charge in [-0.25, -0.2) is 0 Å². The molecule has 0 bridgehead atoms. The molecule has 2 heterocycles. The van der Waals surface area contributed by atoms with Crippen molar-refractivity contribution in [1.82, 2.24) is 15.2 Å². The Labute approximate surface area is 137 Å². The molecule has 23 heavy (non-hydrogen) atoms. The van der Waals surface area contributed by atoms with Crippen molar-refractivity contribution in [1.29, 1.82) is 0 Å². The van der Waals surface area contributed by atoms with Crippen LogP contribution in [0.3, 0.4) is 0 Å². The van der Waals surface area contributed by atoms with Gasteiger partial charge in [0.05, 0.1) is 6.54 Å². The number of hydrogen-bond acceptors (Lipinski definition) is 4. The number of aromatic nitrogens is 1. The van der Waals surface area contributed by atoms with Gasteiger partial charge in [-0.05, 0) is 57.0 Å². The fourth-order valence-corrected chi connectivity index (χ4v) is 3.11. The summed E-state index contributed by atoms with van der Waals surface area (Å²) >= 11 is 0. The number of primary amides is 1. The van der Waals surface area contributed by atoms with E-state index in [9.17, 15) is 9.59 Å². The summed E-state index contributed by atoms with van der Waals surface area (Å²) < 4.78 is 0. The van der Waals surface area contributed by atoms with Crippen LogP contribution in [0.25, 0.3) is 0 Å². The largest absolute Gasteiger partial charge is 0.369 e. The van der Waals surface area contributed by atoms with Gasteiger partial charge >= 0.3 is 0 Å². The third-order valence-electron chi connectivity index (χ3n) is 4.34. The first-order valence-electron chi connectivity index (χ1n) is 8.16. The van der Waals surface area contributed by atoms with Crippen LogP contribution in [0.15, 0.2) is 12.1 Å². The number of amides is 2. The number of carbonyl (C=O) groups excluding carboxylic acids is 2. The van der Waals surface area contributed by atoms with Crippen molar-refractivity contribution >= 4 is 11.8 Å². The van der Waals surface area contributed by atoms with E-state index in [2.05, 4.69) is 27.3 Å². The summed E-state index contributed by atoms with van der Waals surface area (Å²) in [4.78, 5) is 29.2. The van der Waals surface area contributed by atoms with E-state index in [1.807, 2.05) is 6.92 Å². The maximum absolute atomic E-state index is 11.4. The molecule has 1 aromatic rings. The molecule has 126 valence electrons. The Morgan fingerprint density at radius 3 is 2.65 bits per heavy atom. The molecule has 0 atom stereocenters. The topological polar surface area (TPSA) is 88.3 Å². The average molecular weight is 318 g/mol. The molecule has 1 fully saturated rings. The predicted octanol–water partition coefficient (Wildman–Crippen LogP) is 0.733. The molecule has 0 spiro atoms. The fourth-order valence-electron chi connectivity index (χ4n) is 3.11. The van der Waals surface area contributed by atoms with Crippen molar-refractivity contribution in [2.45, 2.75) is 38.5 Å². The lowest BCUT2D eigenvalue weighted by Crippen LogP contribution is -2.39. The second-order valence-electron chi connectivity index (χ2n) is 6.23. The van der Waals surface area contributed by atoms with Gasteiger partial charge in [0.1, 0.15) is 0 Å². The minimum Gasteiger partial charge on any atom is -0.369 e. The highest BCUT2D eigenvalue weighted by Crippen LogP contribution is 2.27. The van der Waals surface area contributed by atoms with Crippen LogP contribution >= 0.6 is 0 Å². The smallest absolute Gasteiger partial charge is 0.231 e. The van der Waals surface area contributed by atoms with E-state index in [0.29, 0.717) is 18.9 Å². The highest BCUT2D eigenvalue weighted by molar-refractivity contribution is 5.76. The fraction of sp³-hybridized carbons (Fsp3) is 0.588. The number of nitrogens with one attached hydrogen (secondary N) is 1. The zero-order chi connectivity index (χ0) is 16.8. The lowest BCUT2D eigenvalue weighted by atomic mass is 9.91. The number of aryl methyl sites for hydroxylation is 2. The molecule has 1 saturated heterocycles. The number of rotatable bonds is 6. The summed E-state index contributed by atoms with van der Waals surface area (Å²) in [6, 6.07) is 4.18. The standard InChI is InChI=1S/C17H26N4O2/c1-12-9-13(3-4-17(23)19-2)10-15(20-12)14-5-7-21(8-6-14)11-16(18)22/h9-10,14H,3-8,11H2,1-2H3,(H2,18,22)(H,19,23). The van der Waals surface area contributed by atoms with Crippen LogP contribution in [0.1, 0.15) is 42.1 Å². The van der Waals surface area contributed by atoms with E-state index in [1.54, 1.807) is 7.05 Å². The molecule has 1 aliphatic rings. The van der Waals surface area contributed by atoms with Gasteiger partial charge in [0, 0.05) is 30.8 Å². The summed E-state index contributed by atoms with van der Waals surface area (Å²) in [5.74, 6) is 0.201. The molecule has 1 aliphatic heterocycles. The molecule has 0 aliphatic carbocycles. The second-order valence-corrected chi connectivity index (χ2v) is 6.23. The molecular formula is C17H26N4O2. The Hall–Kier alpha value is -1.95. The van der Waals surface area contributed by atoms with Crippen molar-refractivity contribution in [3.63, 3.8) is 0 Å². The van der Waals surface area contributed by atoms with Gasteiger partial charge in [-0.2, -0.15) is 0 Å². The summed E-state index contributed by atoms with van der Waals surface area (Å²) in [7, 11) is 1.66. The Morgan fingerprint density at radius 1 is 1.35 bits per heavy atom. The maximum atomic E-state index is 11.4. The number of pyridine rings is 1. The normalized spacial score (nSPS) is 16.3. The zero-order valence-electron chi connectivity index (χ0n) is 14.0. The average Bonchev–Trinajstić information content (AvgIpc) is 2.52. The van der Waals surface area contributed by atoms with Gasteiger partial charge < -0.3 is 11.1 Å². The Morgan fingerprint density at radius 2 is 2.04 bits per heavy atom. The summed E-state index contributed by atoms with van der Waals surface area (Å²) in [6.07, 6.45) is 3.20. The molecule has 0 radical (unpaired) electrons. The van der Waals surface area contributed by atoms with E-state index >= 15 is 0 Å². The molecule has 6 nitrogen and oxygen atoms in total. The molecule has 6 heteroatoms. The second kappa shape index (κ2) is 8.06. The molecule has 2 amide bonds. The van der Waals surface area contributed by atoms with Crippen molar-refractivity contribution < 1.29 is 9.59 Å². The van der Waals surface area contributed by atoms with Crippen LogP contribution in [0.5, 0.6) is 0 Å². The number of piperidine rings is 1. The summed E-state index contributed by atoms with van der Waals surface area (Å²) in [6.45, 7) is 4.08. The minimum atomic E-state index is -0.270. The molecule has 0 unspecified atom stereocenters. The van der Waals surface area contributed by atoms with Crippen LogP contribution < -0.4 is 11.1 Å². The molecular weight excluding hydrogens is 292 g/mol. The monoisotopic (exact) mass is 318 g/mol. The number of nitrogens with two attached hydrogens (primary N) is 1. The number of carbonyl (C=O) groups is 2. The number of nitrogens with zero attached hydrogens (tertiary/aromatic N) is 2. The number of likely N-dealkylation sites (tertiary alicyclic amines) is 1. The molecule has 1 aromatic heterocycles. The third-order valence-corrected chi connectivity index (χ3v) is 4.34. The van der Waals surface area contributed by atoms with Gasteiger partial charge in [-0.3, -0.25) is 19.5 Å². The lowest BCUT2D eigenvalue weighted by molar-refractivity contribution is -0.121. The van der Waals surface area contributed by atoms with Crippen molar-refractivity contribution in [3.05, 3.63) is 29.1 Å². The minimum absolute atomic E-state index is 0.0563. The summed E-state index contributed by atoms with van der Waals surface area (Å²) in [5.41, 5.74) is 8.52. The van der Waals surface area contributed by atoms with Gasteiger partial charge in [0.2, 0.25) is 11.8 Å². The molecule has 0 saturated carbocycles. The van der Waals surface area contributed by atoms with Crippen molar-refractivity contribution in [2.75, 3.05) is 26.7 Å². The predicted molar refractivity (Wildman–Crippen MR) is 89.0 cm³/mol. The van der Waals surface area contributed by atoms with Crippen molar-refractivity contribution in [2.24, 2.45) is 5.73 Å². The van der Waals surface area contributed by atoms with E-state index in [-0.39, 0.29) is 11.8 Å². The maximum Gasteiger partial charge on any atom is 0.231 e. The zero-order valence-corrected chi connectivity index (χ0v) is 14.0. The van der Waals surface area contributed by atoms with Crippen LogP contribution in [-0.2, 0) is 16.0 Å².